The predicted molar refractivity (Wildman–Crippen MR) is 109 cm³/mol. The maximum absolute atomic E-state index is 5.58. The highest BCUT2D eigenvalue weighted by atomic mass is 16.3. The van der Waals surface area contributed by atoms with Gasteiger partial charge in [0.15, 0.2) is 5.76 Å². The van der Waals surface area contributed by atoms with Crippen molar-refractivity contribution < 1.29 is 4.42 Å². The highest BCUT2D eigenvalue weighted by Crippen LogP contribution is 2.29. The Morgan fingerprint density at radius 3 is 2.82 bits per heavy atom. The van der Waals surface area contributed by atoms with Crippen LogP contribution >= 0.6 is 0 Å². The Balaban J connectivity index is 1.41. The van der Waals surface area contributed by atoms with Gasteiger partial charge in [0.25, 0.3) is 0 Å². The molecule has 0 radical (unpaired) electrons. The maximum atomic E-state index is 5.58. The van der Waals surface area contributed by atoms with E-state index in [2.05, 4.69) is 37.1 Å². The zero-order chi connectivity index (χ0) is 19.2. The van der Waals surface area contributed by atoms with E-state index in [0.29, 0.717) is 17.4 Å². The normalized spacial score (nSPS) is 15.6. The van der Waals surface area contributed by atoms with Crippen molar-refractivity contribution in [2.45, 2.75) is 26.2 Å². The van der Waals surface area contributed by atoms with Crippen molar-refractivity contribution >= 4 is 5.95 Å². The molecular formula is C21H26N6O. The Labute approximate surface area is 165 Å². The number of furan rings is 1. The van der Waals surface area contributed by atoms with Crippen molar-refractivity contribution in [3.05, 3.63) is 43.2 Å². The van der Waals surface area contributed by atoms with Crippen molar-refractivity contribution in [3.63, 3.8) is 0 Å². The number of likely N-dealkylation sites (tertiary alicyclic amines) is 1. The predicted octanol–water partition coefficient (Wildman–Crippen LogP) is 3.73. The molecule has 7 heteroatoms. The van der Waals surface area contributed by atoms with E-state index in [-0.39, 0.29) is 0 Å². The lowest BCUT2D eigenvalue weighted by Crippen LogP contribution is -2.34. The minimum absolute atomic E-state index is 0.603. The Hall–Kier alpha value is -2.80. The molecule has 1 fully saturated rings. The van der Waals surface area contributed by atoms with Crippen molar-refractivity contribution in [1.82, 2.24) is 24.8 Å². The van der Waals surface area contributed by atoms with E-state index in [1.54, 1.807) is 31.1 Å². The van der Waals surface area contributed by atoms with Crippen LogP contribution in [0.5, 0.6) is 0 Å². The van der Waals surface area contributed by atoms with Gasteiger partial charge < -0.3 is 14.6 Å². The van der Waals surface area contributed by atoms with Gasteiger partial charge in [-0.15, -0.1) is 0 Å². The molecule has 0 saturated carbocycles. The Morgan fingerprint density at radius 1 is 1.18 bits per heavy atom. The van der Waals surface area contributed by atoms with Crippen LogP contribution in [0.2, 0.25) is 0 Å². The minimum atomic E-state index is 0.603. The van der Waals surface area contributed by atoms with E-state index < -0.39 is 0 Å². The minimum Gasteiger partial charge on any atom is -0.463 e. The quantitative estimate of drug-likeness (QED) is 0.628. The number of rotatable bonds is 7. The molecule has 0 aromatic carbocycles. The largest absolute Gasteiger partial charge is 0.463 e. The van der Waals surface area contributed by atoms with Crippen molar-refractivity contribution in [3.8, 4) is 22.7 Å². The van der Waals surface area contributed by atoms with E-state index in [1.807, 2.05) is 12.1 Å². The van der Waals surface area contributed by atoms with Gasteiger partial charge >= 0.3 is 0 Å². The van der Waals surface area contributed by atoms with Gasteiger partial charge in [-0.3, -0.25) is 9.97 Å². The Bertz CT molecular complexity index is 860. The van der Waals surface area contributed by atoms with Crippen LogP contribution in [0.25, 0.3) is 22.7 Å². The number of piperidine rings is 1. The molecule has 1 aliphatic heterocycles. The first-order valence-electron chi connectivity index (χ1n) is 9.93. The van der Waals surface area contributed by atoms with Gasteiger partial charge in [-0.25, -0.2) is 9.97 Å². The van der Waals surface area contributed by atoms with Gasteiger partial charge in [-0.1, -0.05) is 6.92 Å². The molecule has 1 aliphatic rings. The standard InChI is InChI=1S/C21H26N6O/c1-16-5-11-27(12-6-16)10-3-7-24-21-25-14-17(18-15-22-8-9-23-18)20(26-21)19-4-2-13-28-19/h2,4,8-9,13-16H,3,5-7,10-12H2,1H3,(H,24,25,26). The maximum Gasteiger partial charge on any atom is 0.223 e. The summed E-state index contributed by atoms with van der Waals surface area (Å²) in [6.07, 6.45) is 12.1. The third kappa shape index (κ3) is 4.54. The summed E-state index contributed by atoms with van der Waals surface area (Å²) >= 11 is 0. The van der Waals surface area contributed by atoms with E-state index >= 15 is 0 Å². The van der Waals surface area contributed by atoms with Gasteiger partial charge in [-0.05, 0) is 56.9 Å². The summed E-state index contributed by atoms with van der Waals surface area (Å²) < 4.78 is 5.58. The average Bonchev–Trinajstić information content (AvgIpc) is 3.28. The molecule has 28 heavy (non-hydrogen) atoms. The fourth-order valence-electron chi connectivity index (χ4n) is 3.48. The second-order valence-electron chi connectivity index (χ2n) is 7.33. The van der Waals surface area contributed by atoms with E-state index in [4.69, 9.17) is 4.42 Å². The highest BCUT2D eigenvalue weighted by molar-refractivity contribution is 5.76. The van der Waals surface area contributed by atoms with Crippen LogP contribution in [0.3, 0.4) is 0 Å². The fourth-order valence-corrected chi connectivity index (χ4v) is 3.48. The number of hydrogen-bond donors (Lipinski definition) is 1. The molecule has 3 aromatic heterocycles. The zero-order valence-corrected chi connectivity index (χ0v) is 16.2. The summed E-state index contributed by atoms with van der Waals surface area (Å²) in [5.74, 6) is 2.16. The zero-order valence-electron chi connectivity index (χ0n) is 16.2. The number of anilines is 1. The molecule has 0 amide bonds. The SMILES string of the molecule is CC1CCN(CCCNc2ncc(-c3cnccn3)c(-c3ccco3)n2)CC1. The average molecular weight is 378 g/mol. The van der Waals surface area contributed by atoms with Gasteiger partial charge in [0, 0.05) is 30.7 Å². The summed E-state index contributed by atoms with van der Waals surface area (Å²) in [5, 5.41) is 3.35. The first-order valence-corrected chi connectivity index (χ1v) is 9.93. The molecule has 0 spiro atoms. The molecule has 4 rings (SSSR count). The molecule has 0 unspecified atom stereocenters. The molecule has 7 nitrogen and oxygen atoms in total. The molecule has 146 valence electrons. The lowest BCUT2D eigenvalue weighted by molar-refractivity contribution is 0.192. The molecule has 0 atom stereocenters. The van der Waals surface area contributed by atoms with Crippen molar-refractivity contribution in [2.24, 2.45) is 5.92 Å². The van der Waals surface area contributed by atoms with Crippen molar-refractivity contribution in [1.29, 1.82) is 0 Å². The van der Waals surface area contributed by atoms with Crippen molar-refractivity contribution in [2.75, 3.05) is 31.5 Å². The fraction of sp³-hybridized carbons (Fsp3) is 0.429. The van der Waals surface area contributed by atoms with E-state index in [9.17, 15) is 0 Å². The first kappa shape index (κ1) is 18.6. The third-order valence-electron chi connectivity index (χ3n) is 5.19. The summed E-state index contributed by atoms with van der Waals surface area (Å²) in [6.45, 7) is 6.73. The number of nitrogens with one attached hydrogen (secondary N) is 1. The molecule has 1 saturated heterocycles. The van der Waals surface area contributed by atoms with Crippen LogP contribution in [-0.4, -0.2) is 51.0 Å². The third-order valence-corrected chi connectivity index (χ3v) is 5.19. The summed E-state index contributed by atoms with van der Waals surface area (Å²) in [7, 11) is 0. The lowest BCUT2D eigenvalue weighted by Gasteiger charge is -2.30. The van der Waals surface area contributed by atoms with Crippen LogP contribution in [0, 0.1) is 5.92 Å². The number of nitrogens with zero attached hydrogens (tertiary/aromatic N) is 5. The van der Waals surface area contributed by atoms with Gasteiger partial charge in [0.05, 0.1) is 18.2 Å². The Morgan fingerprint density at radius 2 is 2.07 bits per heavy atom. The van der Waals surface area contributed by atoms with E-state index in [1.165, 1.54) is 25.9 Å². The molecular weight excluding hydrogens is 352 g/mol. The molecule has 4 heterocycles. The number of aromatic nitrogens is 4. The van der Waals surface area contributed by atoms with Crippen LogP contribution in [-0.2, 0) is 0 Å². The van der Waals surface area contributed by atoms with Crippen LogP contribution in [0.1, 0.15) is 26.2 Å². The topological polar surface area (TPSA) is 80.0 Å². The van der Waals surface area contributed by atoms with E-state index in [0.717, 1.165) is 36.7 Å². The van der Waals surface area contributed by atoms with Crippen LogP contribution < -0.4 is 5.32 Å². The molecule has 0 aliphatic carbocycles. The highest BCUT2D eigenvalue weighted by Gasteiger charge is 2.16. The lowest BCUT2D eigenvalue weighted by atomic mass is 9.99. The summed E-state index contributed by atoms with van der Waals surface area (Å²) in [4.78, 5) is 20.2. The monoisotopic (exact) mass is 378 g/mol. The van der Waals surface area contributed by atoms with Crippen LogP contribution in [0.4, 0.5) is 5.95 Å². The smallest absolute Gasteiger partial charge is 0.223 e. The second-order valence-corrected chi connectivity index (χ2v) is 7.33. The number of hydrogen-bond acceptors (Lipinski definition) is 7. The summed E-state index contributed by atoms with van der Waals surface area (Å²) in [6, 6.07) is 3.74. The summed E-state index contributed by atoms with van der Waals surface area (Å²) in [5.41, 5.74) is 2.24. The van der Waals surface area contributed by atoms with Gasteiger partial charge in [-0.2, -0.15) is 0 Å². The molecule has 3 aromatic rings. The molecule has 0 bridgehead atoms. The molecule has 1 N–H and O–H groups in total. The first-order chi connectivity index (χ1) is 13.8. The van der Waals surface area contributed by atoms with Gasteiger partial charge in [0.2, 0.25) is 5.95 Å². The van der Waals surface area contributed by atoms with Crippen LogP contribution in [0.15, 0.2) is 47.6 Å². The second kappa shape index (κ2) is 8.93. The van der Waals surface area contributed by atoms with Gasteiger partial charge in [0.1, 0.15) is 5.69 Å². The Kier molecular flexibility index (Phi) is 5.92.